The van der Waals surface area contributed by atoms with Gasteiger partial charge in [0.25, 0.3) is 0 Å². The van der Waals surface area contributed by atoms with Crippen LogP contribution >= 0.6 is 0 Å². The molecule has 2 aliphatic rings. The van der Waals surface area contributed by atoms with Crippen molar-refractivity contribution in [3.8, 4) is 0 Å². The molecule has 6 nitrogen and oxygen atoms in total. The Morgan fingerprint density at radius 3 is 2.67 bits per heavy atom. The van der Waals surface area contributed by atoms with E-state index in [0.717, 1.165) is 29.7 Å². The number of H-pyrrole nitrogens is 1. The minimum absolute atomic E-state index is 0.0437. The van der Waals surface area contributed by atoms with Crippen molar-refractivity contribution in [3.05, 3.63) is 29.1 Å². The first kappa shape index (κ1) is 18.0. The quantitative estimate of drug-likeness (QED) is 0.902. The van der Waals surface area contributed by atoms with E-state index in [1.54, 1.807) is 4.90 Å². The fourth-order valence-electron chi connectivity index (χ4n) is 4.33. The van der Waals surface area contributed by atoms with Crippen LogP contribution in [-0.2, 0) is 16.0 Å². The smallest absolute Gasteiger partial charge is 0.242 e. The third-order valence-electron chi connectivity index (χ3n) is 6.10. The summed E-state index contributed by atoms with van der Waals surface area (Å²) in [6, 6.07) is 4.58. The first-order valence-electron chi connectivity index (χ1n) is 10.0. The zero-order valence-corrected chi connectivity index (χ0v) is 16.3. The number of hydrogen-bond acceptors (Lipinski definition) is 3. The van der Waals surface area contributed by atoms with Gasteiger partial charge in [-0.15, -0.1) is 0 Å². The molecular weight excluding hydrogens is 340 g/mol. The van der Waals surface area contributed by atoms with Gasteiger partial charge in [-0.1, -0.05) is 12.8 Å². The maximum atomic E-state index is 12.6. The van der Waals surface area contributed by atoms with Crippen molar-refractivity contribution in [1.82, 2.24) is 19.8 Å². The van der Waals surface area contributed by atoms with Gasteiger partial charge in [0.1, 0.15) is 5.82 Å². The second-order valence-electron chi connectivity index (χ2n) is 7.98. The maximum absolute atomic E-state index is 12.6. The second-order valence-corrected chi connectivity index (χ2v) is 7.98. The van der Waals surface area contributed by atoms with Crippen molar-refractivity contribution in [2.45, 2.75) is 58.4 Å². The average molecular weight is 368 g/mol. The van der Waals surface area contributed by atoms with Crippen LogP contribution in [0.2, 0.25) is 0 Å². The van der Waals surface area contributed by atoms with Crippen molar-refractivity contribution >= 4 is 22.8 Å². The van der Waals surface area contributed by atoms with Gasteiger partial charge >= 0.3 is 0 Å². The van der Waals surface area contributed by atoms with Crippen LogP contribution in [0.4, 0.5) is 0 Å². The normalized spacial score (nSPS) is 18.7. The third-order valence-corrected chi connectivity index (χ3v) is 6.10. The summed E-state index contributed by atoms with van der Waals surface area (Å²) < 4.78 is 0. The van der Waals surface area contributed by atoms with Crippen LogP contribution in [0.25, 0.3) is 11.0 Å². The van der Waals surface area contributed by atoms with Crippen molar-refractivity contribution in [3.63, 3.8) is 0 Å². The second kappa shape index (κ2) is 7.33. The molecule has 2 heterocycles. The van der Waals surface area contributed by atoms with Crippen LogP contribution in [0.15, 0.2) is 12.1 Å². The number of fused-ring (bicyclic) bond motifs is 1. The molecule has 1 aromatic heterocycles. The SMILES string of the molecule is Cc1cc2nc(CCC(=O)N3CCN(C4CCCC4)C(=O)C3)[nH]c2cc1C. The van der Waals surface area contributed by atoms with E-state index >= 15 is 0 Å². The first-order valence-corrected chi connectivity index (χ1v) is 10.0. The highest BCUT2D eigenvalue weighted by molar-refractivity contribution is 5.86. The lowest BCUT2D eigenvalue weighted by Gasteiger charge is -2.37. The Hall–Kier alpha value is -2.37. The van der Waals surface area contributed by atoms with Crippen molar-refractivity contribution in [1.29, 1.82) is 0 Å². The van der Waals surface area contributed by atoms with E-state index in [1.807, 2.05) is 4.90 Å². The molecule has 1 aromatic carbocycles. The summed E-state index contributed by atoms with van der Waals surface area (Å²) in [5.74, 6) is 0.984. The van der Waals surface area contributed by atoms with Gasteiger partial charge in [-0.05, 0) is 49.9 Å². The summed E-state index contributed by atoms with van der Waals surface area (Å²) in [4.78, 5) is 36.7. The molecule has 0 atom stereocenters. The van der Waals surface area contributed by atoms with Gasteiger partial charge in [0.2, 0.25) is 11.8 Å². The number of benzene rings is 1. The van der Waals surface area contributed by atoms with Crippen LogP contribution in [0.3, 0.4) is 0 Å². The van der Waals surface area contributed by atoms with Crippen LogP contribution in [0, 0.1) is 13.8 Å². The Kier molecular flexibility index (Phi) is 4.89. The van der Waals surface area contributed by atoms with E-state index in [2.05, 4.69) is 35.9 Å². The molecule has 1 saturated carbocycles. The number of aromatic amines is 1. The van der Waals surface area contributed by atoms with Crippen LogP contribution in [0.1, 0.15) is 49.1 Å². The number of aryl methyl sites for hydroxylation is 3. The van der Waals surface area contributed by atoms with Crippen molar-refractivity contribution in [2.75, 3.05) is 19.6 Å². The van der Waals surface area contributed by atoms with E-state index in [0.29, 0.717) is 32.0 Å². The highest BCUT2D eigenvalue weighted by Gasteiger charge is 2.32. The molecule has 1 aliphatic carbocycles. The lowest BCUT2D eigenvalue weighted by atomic mass is 10.1. The van der Waals surface area contributed by atoms with Gasteiger partial charge in [-0.2, -0.15) is 0 Å². The van der Waals surface area contributed by atoms with Crippen molar-refractivity contribution in [2.24, 2.45) is 0 Å². The zero-order valence-electron chi connectivity index (χ0n) is 16.3. The molecule has 0 spiro atoms. The standard InChI is InChI=1S/C21H28N4O2/c1-14-11-17-18(12-15(14)2)23-19(22-17)7-8-20(26)24-9-10-25(21(27)13-24)16-5-3-4-6-16/h11-12,16H,3-10,13H2,1-2H3,(H,22,23). The number of nitrogens with one attached hydrogen (secondary N) is 1. The molecule has 2 amide bonds. The molecule has 1 saturated heterocycles. The Morgan fingerprint density at radius 1 is 1.19 bits per heavy atom. The van der Waals surface area contributed by atoms with Gasteiger partial charge in [-0.3, -0.25) is 9.59 Å². The van der Waals surface area contributed by atoms with E-state index in [1.165, 1.54) is 24.0 Å². The van der Waals surface area contributed by atoms with Gasteiger partial charge in [0, 0.05) is 32.0 Å². The molecule has 4 rings (SSSR count). The molecule has 2 aromatic rings. The van der Waals surface area contributed by atoms with Crippen LogP contribution in [-0.4, -0.2) is 57.3 Å². The van der Waals surface area contributed by atoms with Crippen molar-refractivity contribution < 1.29 is 9.59 Å². The number of carbonyl (C=O) groups is 2. The van der Waals surface area contributed by atoms with Gasteiger partial charge in [-0.25, -0.2) is 4.98 Å². The monoisotopic (exact) mass is 368 g/mol. The lowest BCUT2D eigenvalue weighted by Crippen LogP contribution is -2.54. The number of aromatic nitrogens is 2. The van der Waals surface area contributed by atoms with E-state index in [9.17, 15) is 9.59 Å². The predicted octanol–water partition coefficient (Wildman–Crippen LogP) is 2.73. The van der Waals surface area contributed by atoms with Gasteiger partial charge in [0.15, 0.2) is 0 Å². The average Bonchev–Trinajstić information content (AvgIpc) is 3.30. The predicted molar refractivity (Wildman–Crippen MR) is 104 cm³/mol. The zero-order chi connectivity index (χ0) is 19.0. The Bertz CT molecular complexity index is 827. The molecule has 2 fully saturated rings. The molecule has 27 heavy (non-hydrogen) atoms. The first-order chi connectivity index (χ1) is 13.0. The molecule has 0 radical (unpaired) electrons. The highest BCUT2D eigenvalue weighted by Crippen LogP contribution is 2.25. The van der Waals surface area contributed by atoms with E-state index in [4.69, 9.17) is 0 Å². The van der Waals surface area contributed by atoms with E-state index in [-0.39, 0.29) is 18.4 Å². The number of carbonyl (C=O) groups excluding carboxylic acids is 2. The summed E-state index contributed by atoms with van der Waals surface area (Å²) in [6.45, 7) is 5.72. The summed E-state index contributed by atoms with van der Waals surface area (Å²) >= 11 is 0. The Labute approximate surface area is 159 Å². The van der Waals surface area contributed by atoms with Gasteiger partial charge in [0.05, 0.1) is 17.6 Å². The van der Waals surface area contributed by atoms with Crippen LogP contribution in [0.5, 0.6) is 0 Å². The number of imidazole rings is 1. The van der Waals surface area contributed by atoms with Gasteiger partial charge < -0.3 is 14.8 Å². The summed E-state index contributed by atoms with van der Waals surface area (Å²) in [5.41, 5.74) is 4.41. The summed E-state index contributed by atoms with van der Waals surface area (Å²) in [7, 11) is 0. The molecule has 6 heteroatoms. The fourth-order valence-corrected chi connectivity index (χ4v) is 4.33. The van der Waals surface area contributed by atoms with E-state index < -0.39 is 0 Å². The molecule has 1 aliphatic heterocycles. The summed E-state index contributed by atoms with van der Waals surface area (Å²) in [5, 5.41) is 0. The molecule has 0 unspecified atom stereocenters. The molecule has 0 bridgehead atoms. The maximum Gasteiger partial charge on any atom is 0.242 e. The van der Waals surface area contributed by atoms with Crippen LogP contribution < -0.4 is 0 Å². The summed E-state index contributed by atoms with van der Waals surface area (Å²) in [6.07, 6.45) is 5.62. The highest BCUT2D eigenvalue weighted by atomic mass is 16.2. The lowest BCUT2D eigenvalue weighted by molar-refractivity contribution is -0.147. The third kappa shape index (κ3) is 3.70. The minimum atomic E-state index is 0.0437. The minimum Gasteiger partial charge on any atom is -0.342 e. The molecule has 144 valence electrons. The Morgan fingerprint density at radius 2 is 1.93 bits per heavy atom. The topological polar surface area (TPSA) is 69.3 Å². The number of rotatable bonds is 4. The number of amides is 2. The fraction of sp³-hybridized carbons (Fsp3) is 0.571. The largest absolute Gasteiger partial charge is 0.342 e. The number of hydrogen-bond donors (Lipinski definition) is 1. The molecular formula is C21H28N4O2. The number of nitrogens with zero attached hydrogens (tertiary/aromatic N) is 3. The Balaban J connectivity index is 1.34. The molecule has 1 N–H and O–H groups in total. The number of piperazine rings is 1.